The summed E-state index contributed by atoms with van der Waals surface area (Å²) in [6, 6.07) is 14.1. The van der Waals surface area contributed by atoms with Gasteiger partial charge in [-0.3, -0.25) is 19.8 Å². The van der Waals surface area contributed by atoms with Gasteiger partial charge in [0.1, 0.15) is 5.01 Å². The second-order valence-electron chi connectivity index (χ2n) is 6.50. The summed E-state index contributed by atoms with van der Waals surface area (Å²) in [5.74, 6) is -0.128. The molecule has 2 heterocycles. The molecule has 2 aromatic carbocycles. The number of thiazole rings is 1. The van der Waals surface area contributed by atoms with Crippen molar-refractivity contribution < 1.29 is 9.72 Å². The Morgan fingerprint density at radius 3 is 2.78 bits per heavy atom. The zero-order valence-electron chi connectivity index (χ0n) is 14.5. The second kappa shape index (κ2) is 7.42. The molecule has 1 aromatic heterocycles. The molecule has 7 nitrogen and oxygen atoms in total. The van der Waals surface area contributed by atoms with E-state index in [0.29, 0.717) is 5.69 Å². The molecule has 1 amide bonds. The van der Waals surface area contributed by atoms with Gasteiger partial charge in [-0.2, -0.15) is 0 Å². The van der Waals surface area contributed by atoms with E-state index >= 15 is 0 Å². The van der Waals surface area contributed by atoms with E-state index in [1.807, 2.05) is 18.2 Å². The number of non-ortho nitro benzene ring substituents is 1. The van der Waals surface area contributed by atoms with Crippen LogP contribution in [0.4, 0.5) is 11.4 Å². The minimum Gasteiger partial charge on any atom is -0.325 e. The molecule has 1 fully saturated rings. The van der Waals surface area contributed by atoms with Gasteiger partial charge in [-0.05, 0) is 43.7 Å². The number of rotatable bonds is 5. The number of nitrogens with one attached hydrogen (secondary N) is 1. The van der Waals surface area contributed by atoms with Crippen molar-refractivity contribution in [2.24, 2.45) is 0 Å². The van der Waals surface area contributed by atoms with Gasteiger partial charge in [-0.25, -0.2) is 4.98 Å². The number of fused-ring (bicyclic) bond motifs is 1. The molecular weight excluding hydrogens is 364 g/mol. The number of nitro benzene ring substituents is 1. The maximum Gasteiger partial charge on any atom is 0.269 e. The fourth-order valence-corrected chi connectivity index (χ4v) is 4.52. The normalized spacial score (nSPS) is 17.3. The van der Waals surface area contributed by atoms with Crippen LogP contribution in [0.3, 0.4) is 0 Å². The van der Waals surface area contributed by atoms with Gasteiger partial charge in [0, 0.05) is 17.8 Å². The number of amides is 1. The van der Waals surface area contributed by atoms with E-state index in [4.69, 9.17) is 4.98 Å². The predicted molar refractivity (Wildman–Crippen MR) is 105 cm³/mol. The molecule has 0 spiro atoms. The first-order valence-electron chi connectivity index (χ1n) is 8.74. The summed E-state index contributed by atoms with van der Waals surface area (Å²) in [4.78, 5) is 29.6. The predicted octanol–water partition coefficient (Wildman–Crippen LogP) is 3.98. The lowest BCUT2D eigenvalue weighted by atomic mass is 10.2. The van der Waals surface area contributed by atoms with Crippen molar-refractivity contribution in [2.45, 2.75) is 18.9 Å². The maximum atomic E-state index is 12.4. The summed E-state index contributed by atoms with van der Waals surface area (Å²) in [6.45, 7) is 1.13. The average Bonchev–Trinajstić information content (AvgIpc) is 3.28. The van der Waals surface area contributed by atoms with Crippen molar-refractivity contribution in [1.29, 1.82) is 0 Å². The van der Waals surface area contributed by atoms with Crippen molar-refractivity contribution in [3.8, 4) is 0 Å². The molecule has 1 N–H and O–H groups in total. The fraction of sp³-hybridized carbons (Fsp3) is 0.263. The number of benzene rings is 2. The number of carbonyl (C=O) groups is 1. The second-order valence-corrected chi connectivity index (χ2v) is 7.56. The molecule has 27 heavy (non-hydrogen) atoms. The number of nitrogens with zero attached hydrogens (tertiary/aromatic N) is 3. The summed E-state index contributed by atoms with van der Waals surface area (Å²) in [6.07, 6.45) is 2.02. The fourth-order valence-electron chi connectivity index (χ4n) is 3.38. The van der Waals surface area contributed by atoms with E-state index in [0.717, 1.165) is 34.6 Å². The molecule has 138 valence electrons. The van der Waals surface area contributed by atoms with Gasteiger partial charge in [-0.15, -0.1) is 11.3 Å². The molecule has 1 saturated heterocycles. The first kappa shape index (κ1) is 17.6. The van der Waals surface area contributed by atoms with Gasteiger partial charge in [-0.1, -0.05) is 12.1 Å². The highest BCUT2D eigenvalue weighted by atomic mass is 32.1. The van der Waals surface area contributed by atoms with Crippen LogP contribution in [0.25, 0.3) is 10.2 Å². The van der Waals surface area contributed by atoms with Crippen molar-refractivity contribution in [2.75, 3.05) is 18.4 Å². The lowest BCUT2D eigenvalue weighted by Gasteiger charge is -2.22. The van der Waals surface area contributed by atoms with Crippen LogP contribution in [-0.2, 0) is 4.79 Å². The van der Waals surface area contributed by atoms with Crippen LogP contribution in [0.5, 0.6) is 0 Å². The lowest BCUT2D eigenvalue weighted by molar-refractivity contribution is -0.384. The quantitative estimate of drug-likeness (QED) is 0.533. The highest BCUT2D eigenvalue weighted by Crippen LogP contribution is 2.36. The first-order chi connectivity index (χ1) is 13.1. The van der Waals surface area contributed by atoms with Gasteiger partial charge in [0.05, 0.1) is 27.7 Å². The molecule has 4 rings (SSSR count). The van der Waals surface area contributed by atoms with Crippen molar-refractivity contribution in [1.82, 2.24) is 9.88 Å². The Morgan fingerprint density at radius 2 is 2.04 bits per heavy atom. The van der Waals surface area contributed by atoms with Gasteiger partial charge < -0.3 is 5.32 Å². The summed E-state index contributed by atoms with van der Waals surface area (Å²) in [5.41, 5.74) is 1.56. The third-order valence-corrected chi connectivity index (χ3v) is 5.81. The summed E-state index contributed by atoms with van der Waals surface area (Å²) >= 11 is 1.69. The van der Waals surface area contributed by atoms with E-state index in [-0.39, 0.29) is 24.2 Å². The highest BCUT2D eigenvalue weighted by Gasteiger charge is 2.30. The van der Waals surface area contributed by atoms with E-state index < -0.39 is 4.92 Å². The third kappa shape index (κ3) is 3.81. The number of nitro groups is 1. The summed E-state index contributed by atoms with van der Waals surface area (Å²) in [7, 11) is 0. The lowest BCUT2D eigenvalue weighted by Crippen LogP contribution is -2.32. The Labute approximate surface area is 159 Å². The minimum absolute atomic E-state index is 0.00319. The van der Waals surface area contributed by atoms with Crippen LogP contribution in [0, 0.1) is 10.1 Å². The largest absolute Gasteiger partial charge is 0.325 e. The Bertz CT molecular complexity index is 953. The molecule has 1 aliphatic heterocycles. The van der Waals surface area contributed by atoms with E-state index in [1.54, 1.807) is 23.5 Å². The van der Waals surface area contributed by atoms with E-state index in [9.17, 15) is 14.9 Å². The van der Waals surface area contributed by atoms with Crippen molar-refractivity contribution in [3.63, 3.8) is 0 Å². The smallest absolute Gasteiger partial charge is 0.269 e. The highest BCUT2D eigenvalue weighted by molar-refractivity contribution is 7.18. The van der Waals surface area contributed by atoms with E-state index in [2.05, 4.69) is 16.3 Å². The van der Waals surface area contributed by atoms with Crippen LogP contribution in [0.1, 0.15) is 23.9 Å². The van der Waals surface area contributed by atoms with Crippen molar-refractivity contribution in [3.05, 3.63) is 63.7 Å². The number of para-hydroxylation sites is 1. The monoisotopic (exact) mass is 382 g/mol. The van der Waals surface area contributed by atoms with Gasteiger partial charge in [0.25, 0.3) is 5.69 Å². The Balaban J connectivity index is 1.43. The van der Waals surface area contributed by atoms with Crippen LogP contribution in [-0.4, -0.2) is 33.8 Å². The molecule has 0 bridgehead atoms. The molecule has 1 aliphatic rings. The van der Waals surface area contributed by atoms with Crippen LogP contribution in [0.15, 0.2) is 48.5 Å². The van der Waals surface area contributed by atoms with Crippen LogP contribution < -0.4 is 5.32 Å². The molecule has 0 radical (unpaired) electrons. The molecule has 1 atom stereocenters. The number of hydrogen-bond donors (Lipinski definition) is 1. The summed E-state index contributed by atoms with van der Waals surface area (Å²) in [5, 5.41) is 14.6. The minimum atomic E-state index is -0.460. The molecule has 8 heteroatoms. The van der Waals surface area contributed by atoms with Gasteiger partial charge in [0.2, 0.25) is 5.91 Å². The number of hydrogen-bond acceptors (Lipinski definition) is 6. The Kier molecular flexibility index (Phi) is 4.83. The van der Waals surface area contributed by atoms with Crippen LogP contribution >= 0.6 is 11.3 Å². The van der Waals surface area contributed by atoms with Gasteiger partial charge >= 0.3 is 0 Å². The molecule has 0 unspecified atom stereocenters. The zero-order chi connectivity index (χ0) is 18.8. The SMILES string of the molecule is O=C(CN1CCC[C@@H]1c1nc2ccccc2s1)Nc1ccc([N+](=O)[O-])cc1. The standard InChI is InChI=1S/C19H18N4O3S/c24-18(20-13-7-9-14(10-8-13)23(25)26)12-22-11-3-5-16(22)19-21-15-4-1-2-6-17(15)27-19/h1-2,4,6-10,16H,3,5,11-12H2,(H,20,24)/t16-/m1/s1. The van der Waals surface area contributed by atoms with E-state index in [1.165, 1.54) is 12.1 Å². The number of likely N-dealkylation sites (tertiary alicyclic amines) is 1. The molecule has 3 aromatic rings. The zero-order valence-corrected chi connectivity index (χ0v) is 15.3. The topological polar surface area (TPSA) is 88.4 Å². The van der Waals surface area contributed by atoms with Crippen molar-refractivity contribution >= 4 is 38.8 Å². The molecular formula is C19H18N4O3S. The maximum absolute atomic E-state index is 12.4. The average molecular weight is 382 g/mol. The number of anilines is 1. The number of carbonyl (C=O) groups excluding carboxylic acids is 1. The first-order valence-corrected chi connectivity index (χ1v) is 9.55. The number of aromatic nitrogens is 1. The molecule has 0 aliphatic carbocycles. The van der Waals surface area contributed by atoms with Gasteiger partial charge in [0.15, 0.2) is 0 Å². The summed E-state index contributed by atoms with van der Waals surface area (Å²) < 4.78 is 1.16. The molecule has 0 saturated carbocycles. The van der Waals surface area contributed by atoms with Crippen LogP contribution in [0.2, 0.25) is 0 Å². The Morgan fingerprint density at radius 1 is 1.26 bits per heavy atom. The third-order valence-electron chi connectivity index (χ3n) is 4.67. The Hall–Kier alpha value is -2.84.